The summed E-state index contributed by atoms with van der Waals surface area (Å²) in [4.78, 5) is 14.1. The lowest BCUT2D eigenvalue weighted by atomic mass is 9.90. The van der Waals surface area contributed by atoms with Crippen molar-refractivity contribution in [2.45, 2.75) is 44.6 Å². The second kappa shape index (κ2) is 6.29. The van der Waals surface area contributed by atoms with Gasteiger partial charge in [0.25, 0.3) is 0 Å². The Morgan fingerprint density at radius 1 is 1.10 bits per heavy atom. The van der Waals surface area contributed by atoms with Gasteiger partial charge in [0.15, 0.2) is 0 Å². The van der Waals surface area contributed by atoms with Gasteiger partial charge in [-0.1, -0.05) is 30.3 Å². The van der Waals surface area contributed by atoms with E-state index in [1.54, 1.807) is 0 Å². The molecule has 1 heterocycles. The molecule has 2 aliphatic rings. The normalized spacial score (nSPS) is 20.5. The highest BCUT2D eigenvalue weighted by Gasteiger charge is 2.26. The van der Waals surface area contributed by atoms with Gasteiger partial charge in [0.2, 0.25) is 0 Å². The van der Waals surface area contributed by atoms with Crippen molar-refractivity contribution in [2.24, 2.45) is 5.92 Å². The van der Waals surface area contributed by atoms with Crippen LogP contribution in [-0.2, 0) is 6.42 Å². The molecule has 1 saturated carbocycles. The highest BCUT2D eigenvalue weighted by molar-refractivity contribution is 5.74. The van der Waals surface area contributed by atoms with Crippen LogP contribution in [0.1, 0.15) is 37.7 Å². The van der Waals surface area contributed by atoms with Crippen LogP contribution in [0.4, 0.5) is 4.79 Å². The number of nitrogens with one attached hydrogen (secondary N) is 1. The maximum Gasteiger partial charge on any atom is 0.317 e. The smallest absolute Gasteiger partial charge is 0.317 e. The number of nitrogens with zero attached hydrogens (tertiary/aromatic N) is 1. The molecule has 1 aromatic carbocycles. The minimum Gasteiger partial charge on any atom is -0.335 e. The van der Waals surface area contributed by atoms with E-state index in [-0.39, 0.29) is 6.03 Å². The van der Waals surface area contributed by atoms with E-state index < -0.39 is 0 Å². The summed E-state index contributed by atoms with van der Waals surface area (Å²) in [6.45, 7) is 1.83. The average molecular weight is 272 g/mol. The summed E-state index contributed by atoms with van der Waals surface area (Å²) in [7, 11) is 0. The molecule has 2 amide bonds. The van der Waals surface area contributed by atoms with Gasteiger partial charge in [-0.25, -0.2) is 4.79 Å². The quantitative estimate of drug-likeness (QED) is 0.900. The van der Waals surface area contributed by atoms with Crippen LogP contribution in [-0.4, -0.2) is 30.1 Å². The van der Waals surface area contributed by atoms with Crippen LogP contribution >= 0.6 is 0 Å². The molecule has 0 spiro atoms. The van der Waals surface area contributed by atoms with E-state index in [1.165, 1.54) is 12.0 Å². The summed E-state index contributed by atoms with van der Waals surface area (Å²) in [6.07, 6.45) is 7.01. The molecule has 0 bridgehead atoms. The van der Waals surface area contributed by atoms with Crippen LogP contribution in [0.3, 0.4) is 0 Å². The largest absolute Gasteiger partial charge is 0.335 e. The predicted molar refractivity (Wildman–Crippen MR) is 80.6 cm³/mol. The lowest BCUT2D eigenvalue weighted by molar-refractivity contribution is 0.161. The van der Waals surface area contributed by atoms with Crippen LogP contribution in [0, 0.1) is 5.92 Å². The molecule has 2 fully saturated rings. The van der Waals surface area contributed by atoms with Crippen molar-refractivity contribution in [3.63, 3.8) is 0 Å². The number of benzene rings is 1. The number of piperidine rings is 1. The maximum absolute atomic E-state index is 12.1. The SMILES string of the molecule is O=C(NC1CCC1)N1CCC(Cc2ccccc2)CC1. The van der Waals surface area contributed by atoms with Crippen molar-refractivity contribution in [3.05, 3.63) is 35.9 Å². The fourth-order valence-electron chi connectivity index (χ4n) is 3.11. The number of likely N-dealkylation sites (tertiary alicyclic amines) is 1. The second-order valence-electron chi connectivity index (χ2n) is 6.20. The van der Waals surface area contributed by atoms with Crippen LogP contribution in [0.25, 0.3) is 0 Å². The zero-order valence-corrected chi connectivity index (χ0v) is 12.1. The van der Waals surface area contributed by atoms with E-state index in [9.17, 15) is 4.79 Å². The fourth-order valence-corrected chi connectivity index (χ4v) is 3.11. The molecule has 0 atom stereocenters. The minimum atomic E-state index is 0.160. The summed E-state index contributed by atoms with van der Waals surface area (Å²) in [5, 5.41) is 3.14. The van der Waals surface area contributed by atoms with E-state index in [4.69, 9.17) is 0 Å². The molecular formula is C17H24N2O. The lowest BCUT2D eigenvalue weighted by Gasteiger charge is -2.35. The Bertz CT molecular complexity index is 434. The highest BCUT2D eigenvalue weighted by atomic mass is 16.2. The summed E-state index contributed by atoms with van der Waals surface area (Å²) < 4.78 is 0. The first-order chi connectivity index (χ1) is 9.81. The van der Waals surface area contributed by atoms with Crippen molar-refractivity contribution >= 4 is 6.03 Å². The average Bonchev–Trinajstić information content (AvgIpc) is 2.44. The van der Waals surface area contributed by atoms with Gasteiger partial charge in [-0.3, -0.25) is 0 Å². The zero-order valence-electron chi connectivity index (χ0n) is 12.1. The Morgan fingerprint density at radius 2 is 1.80 bits per heavy atom. The molecule has 108 valence electrons. The van der Waals surface area contributed by atoms with Crippen LogP contribution < -0.4 is 5.32 Å². The highest BCUT2D eigenvalue weighted by Crippen LogP contribution is 2.23. The lowest BCUT2D eigenvalue weighted by Crippen LogP contribution is -2.49. The molecule has 1 N–H and O–H groups in total. The summed E-state index contributed by atoms with van der Waals surface area (Å²) >= 11 is 0. The third-order valence-electron chi connectivity index (χ3n) is 4.70. The molecule has 20 heavy (non-hydrogen) atoms. The number of hydrogen-bond acceptors (Lipinski definition) is 1. The van der Waals surface area contributed by atoms with Crippen LogP contribution in [0.5, 0.6) is 0 Å². The fraction of sp³-hybridized carbons (Fsp3) is 0.588. The summed E-state index contributed by atoms with van der Waals surface area (Å²) in [6, 6.07) is 11.3. The monoisotopic (exact) mass is 272 g/mol. The van der Waals surface area contributed by atoms with Crippen molar-refractivity contribution in [1.29, 1.82) is 0 Å². The molecule has 3 nitrogen and oxygen atoms in total. The molecule has 1 saturated heterocycles. The molecule has 1 aromatic rings. The van der Waals surface area contributed by atoms with E-state index >= 15 is 0 Å². The van der Waals surface area contributed by atoms with Crippen LogP contribution in [0.2, 0.25) is 0 Å². The Morgan fingerprint density at radius 3 is 2.40 bits per heavy atom. The Balaban J connectivity index is 1.43. The van der Waals surface area contributed by atoms with Gasteiger partial charge in [0.05, 0.1) is 0 Å². The predicted octanol–water partition coefficient (Wildman–Crippen LogP) is 3.20. The van der Waals surface area contributed by atoms with E-state index in [0.29, 0.717) is 6.04 Å². The third kappa shape index (κ3) is 3.33. The Hall–Kier alpha value is -1.51. The Labute approximate surface area is 121 Å². The summed E-state index contributed by atoms with van der Waals surface area (Å²) in [5.41, 5.74) is 1.42. The molecule has 3 heteroatoms. The van der Waals surface area contributed by atoms with Crippen molar-refractivity contribution in [3.8, 4) is 0 Å². The minimum absolute atomic E-state index is 0.160. The number of hydrogen-bond donors (Lipinski definition) is 1. The molecule has 0 aromatic heterocycles. The van der Waals surface area contributed by atoms with E-state index in [0.717, 1.165) is 51.1 Å². The third-order valence-corrected chi connectivity index (χ3v) is 4.70. The van der Waals surface area contributed by atoms with Gasteiger partial charge in [0.1, 0.15) is 0 Å². The van der Waals surface area contributed by atoms with E-state index in [2.05, 4.69) is 35.6 Å². The van der Waals surface area contributed by atoms with Crippen molar-refractivity contribution < 1.29 is 4.79 Å². The molecule has 0 radical (unpaired) electrons. The van der Waals surface area contributed by atoms with Crippen molar-refractivity contribution in [2.75, 3.05) is 13.1 Å². The molecule has 3 rings (SSSR count). The molecule has 1 aliphatic carbocycles. The zero-order chi connectivity index (χ0) is 13.8. The number of urea groups is 1. The second-order valence-corrected chi connectivity index (χ2v) is 6.20. The van der Waals surface area contributed by atoms with Gasteiger partial charge in [-0.05, 0) is 50.0 Å². The van der Waals surface area contributed by atoms with Crippen molar-refractivity contribution in [1.82, 2.24) is 10.2 Å². The van der Waals surface area contributed by atoms with Crippen LogP contribution in [0.15, 0.2) is 30.3 Å². The first-order valence-electron chi connectivity index (χ1n) is 7.90. The number of rotatable bonds is 3. The maximum atomic E-state index is 12.1. The topological polar surface area (TPSA) is 32.3 Å². The first kappa shape index (κ1) is 13.5. The van der Waals surface area contributed by atoms with Gasteiger partial charge in [-0.15, -0.1) is 0 Å². The molecular weight excluding hydrogens is 248 g/mol. The van der Waals surface area contributed by atoms with Gasteiger partial charge < -0.3 is 10.2 Å². The molecule has 0 unspecified atom stereocenters. The molecule has 1 aliphatic heterocycles. The summed E-state index contributed by atoms with van der Waals surface area (Å²) in [5.74, 6) is 0.727. The number of carbonyl (C=O) groups is 1. The Kier molecular flexibility index (Phi) is 4.24. The number of amides is 2. The van der Waals surface area contributed by atoms with Gasteiger partial charge >= 0.3 is 6.03 Å². The van der Waals surface area contributed by atoms with Gasteiger partial charge in [-0.2, -0.15) is 0 Å². The number of carbonyl (C=O) groups excluding carboxylic acids is 1. The van der Waals surface area contributed by atoms with Gasteiger partial charge in [0, 0.05) is 19.1 Å². The first-order valence-corrected chi connectivity index (χ1v) is 7.90. The standard InChI is InChI=1S/C17H24N2O/c20-17(18-16-7-4-8-16)19-11-9-15(10-12-19)13-14-5-2-1-3-6-14/h1-3,5-6,15-16H,4,7-13H2,(H,18,20). The van der Waals surface area contributed by atoms with E-state index in [1.807, 2.05) is 4.90 Å².